The van der Waals surface area contributed by atoms with E-state index >= 15 is 0 Å². The van der Waals surface area contributed by atoms with Crippen LogP contribution in [-0.2, 0) is 4.79 Å². The van der Waals surface area contributed by atoms with Gasteiger partial charge in [-0.15, -0.1) is 0 Å². The summed E-state index contributed by atoms with van der Waals surface area (Å²) in [5.74, 6) is -2.34. The van der Waals surface area contributed by atoms with E-state index in [9.17, 15) is 23.1 Å². The third-order valence-corrected chi connectivity index (χ3v) is 3.20. The van der Waals surface area contributed by atoms with Gasteiger partial charge in [0.05, 0.1) is 11.5 Å². The Balaban J connectivity index is 2.49. The van der Waals surface area contributed by atoms with Gasteiger partial charge in [0.2, 0.25) is 5.91 Å². The lowest BCUT2D eigenvalue weighted by Gasteiger charge is -2.30. The molecule has 0 spiro atoms. The van der Waals surface area contributed by atoms with E-state index in [4.69, 9.17) is 0 Å². The van der Waals surface area contributed by atoms with E-state index in [1.165, 1.54) is 13.8 Å². The Morgan fingerprint density at radius 3 is 2.44 bits per heavy atom. The van der Waals surface area contributed by atoms with Crippen molar-refractivity contribution in [3.63, 3.8) is 0 Å². The van der Waals surface area contributed by atoms with E-state index in [0.29, 0.717) is 12.8 Å². The fourth-order valence-corrected chi connectivity index (χ4v) is 2.17. The van der Waals surface area contributed by atoms with Gasteiger partial charge in [-0.05, 0) is 33.1 Å². The minimum atomic E-state index is -4.21. The standard InChI is InChI=1S/C12H20F3NO2/c1-11(2,18)7-16-10(17)8-4-3-5-9(6-8)12(13,14)15/h8-9,18H,3-7H2,1-2H3,(H,16,17). The predicted molar refractivity (Wildman–Crippen MR) is 60.8 cm³/mol. The highest BCUT2D eigenvalue weighted by atomic mass is 19.4. The van der Waals surface area contributed by atoms with Gasteiger partial charge in [0.1, 0.15) is 0 Å². The minimum absolute atomic E-state index is 0.0546. The Morgan fingerprint density at radius 1 is 1.33 bits per heavy atom. The van der Waals surface area contributed by atoms with E-state index in [1.54, 1.807) is 0 Å². The SMILES string of the molecule is CC(C)(O)CNC(=O)C1CCCC(C(F)(F)F)C1. The molecule has 0 aromatic heterocycles. The lowest BCUT2D eigenvalue weighted by Crippen LogP contribution is -2.43. The third kappa shape index (κ3) is 4.84. The molecule has 18 heavy (non-hydrogen) atoms. The molecular weight excluding hydrogens is 247 g/mol. The molecule has 0 aromatic rings. The topological polar surface area (TPSA) is 49.3 Å². The van der Waals surface area contributed by atoms with Crippen molar-refractivity contribution in [1.29, 1.82) is 0 Å². The van der Waals surface area contributed by atoms with Crippen LogP contribution in [0, 0.1) is 11.8 Å². The first-order valence-corrected chi connectivity index (χ1v) is 6.16. The molecule has 106 valence electrons. The van der Waals surface area contributed by atoms with Crippen LogP contribution in [0.4, 0.5) is 13.2 Å². The average Bonchev–Trinajstić information content (AvgIpc) is 2.24. The fraction of sp³-hybridized carbons (Fsp3) is 0.917. The van der Waals surface area contributed by atoms with Gasteiger partial charge in [-0.3, -0.25) is 4.79 Å². The zero-order valence-corrected chi connectivity index (χ0v) is 10.7. The Kier molecular flexibility index (Phi) is 4.64. The lowest BCUT2D eigenvalue weighted by molar-refractivity contribution is -0.186. The van der Waals surface area contributed by atoms with Crippen LogP contribution >= 0.6 is 0 Å². The number of carbonyl (C=O) groups excluding carboxylic acids is 1. The number of aliphatic hydroxyl groups is 1. The van der Waals surface area contributed by atoms with Crippen molar-refractivity contribution in [2.75, 3.05) is 6.54 Å². The number of rotatable bonds is 3. The second kappa shape index (κ2) is 5.47. The van der Waals surface area contributed by atoms with Crippen LogP contribution in [0.2, 0.25) is 0 Å². The molecule has 1 fully saturated rings. The number of hydrogen-bond donors (Lipinski definition) is 2. The van der Waals surface area contributed by atoms with Gasteiger partial charge in [-0.25, -0.2) is 0 Å². The number of amides is 1. The zero-order chi connectivity index (χ0) is 14.0. The van der Waals surface area contributed by atoms with Crippen LogP contribution in [0.3, 0.4) is 0 Å². The first-order valence-electron chi connectivity index (χ1n) is 6.16. The Labute approximate surface area is 105 Å². The molecule has 0 saturated heterocycles. The van der Waals surface area contributed by atoms with Gasteiger partial charge >= 0.3 is 6.18 Å². The van der Waals surface area contributed by atoms with E-state index in [2.05, 4.69) is 5.32 Å². The smallest absolute Gasteiger partial charge is 0.389 e. The van der Waals surface area contributed by atoms with Crippen molar-refractivity contribution < 1.29 is 23.1 Å². The quantitative estimate of drug-likeness (QED) is 0.824. The zero-order valence-electron chi connectivity index (χ0n) is 10.7. The molecule has 1 rings (SSSR count). The van der Waals surface area contributed by atoms with Crippen LogP contribution in [-0.4, -0.2) is 29.3 Å². The molecule has 1 aliphatic carbocycles. The highest BCUT2D eigenvalue weighted by Gasteiger charge is 2.43. The van der Waals surface area contributed by atoms with Crippen molar-refractivity contribution in [2.45, 2.75) is 51.3 Å². The van der Waals surface area contributed by atoms with Crippen molar-refractivity contribution in [1.82, 2.24) is 5.32 Å². The maximum atomic E-state index is 12.6. The molecule has 2 unspecified atom stereocenters. The second-order valence-electron chi connectivity index (χ2n) is 5.63. The number of alkyl halides is 3. The van der Waals surface area contributed by atoms with Crippen molar-refractivity contribution in [3.05, 3.63) is 0 Å². The summed E-state index contributed by atoms with van der Waals surface area (Å²) in [6, 6.07) is 0. The van der Waals surface area contributed by atoms with E-state index in [1.807, 2.05) is 0 Å². The van der Waals surface area contributed by atoms with E-state index in [0.717, 1.165) is 0 Å². The number of nitrogens with one attached hydrogen (secondary N) is 1. The lowest BCUT2D eigenvalue weighted by atomic mass is 9.80. The van der Waals surface area contributed by atoms with Crippen LogP contribution in [0.5, 0.6) is 0 Å². The molecule has 1 aliphatic rings. The summed E-state index contributed by atoms with van der Waals surface area (Å²) >= 11 is 0. The van der Waals surface area contributed by atoms with E-state index in [-0.39, 0.29) is 25.3 Å². The summed E-state index contributed by atoms with van der Waals surface area (Å²) in [6.45, 7) is 3.12. The molecule has 0 aliphatic heterocycles. The first-order chi connectivity index (χ1) is 8.09. The van der Waals surface area contributed by atoms with Gasteiger partial charge in [0, 0.05) is 12.5 Å². The summed E-state index contributed by atoms with van der Waals surface area (Å²) in [5, 5.41) is 12.0. The summed E-state index contributed by atoms with van der Waals surface area (Å²) in [7, 11) is 0. The Bertz CT molecular complexity index is 297. The Hall–Kier alpha value is -0.780. The van der Waals surface area contributed by atoms with Crippen molar-refractivity contribution >= 4 is 5.91 Å². The molecule has 2 atom stereocenters. The number of halogens is 3. The molecule has 3 nitrogen and oxygen atoms in total. The Morgan fingerprint density at radius 2 is 1.94 bits per heavy atom. The monoisotopic (exact) mass is 267 g/mol. The van der Waals surface area contributed by atoms with Gasteiger partial charge in [-0.1, -0.05) is 6.42 Å². The highest BCUT2D eigenvalue weighted by Crippen LogP contribution is 2.39. The number of carbonyl (C=O) groups is 1. The maximum Gasteiger partial charge on any atom is 0.391 e. The van der Waals surface area contributed by atoms with Crippen molar-refractivity contribution in [3.8, 4) is 0 Å². The molecule has 0 heterocycles. The average molecular weight is 267 g/mol. The van der Waals surface area contributed by atoms with Crippen LogP contribution in [0.25, 0.3) is 0 Å². The van der Waals surface area contributed by atoms with Crippen LogP contribution < -0.4 is 5.32 Å². The molecular formula is C12H20F3NO2. The minimum Gasteiger partial charge on any atom is -0.389 e. The van der Waals surface area contributed by atoms with Gasteiger partial charge < -0.3 is 10.4 Å². The largest absolute Gasteiger partial charge is 0.391 e. The summed E-state index contributed by atoms with van der Waals surface area (Å²) < 4.78 is 37.7. The van der Waals surface area contributed by atoms with Gasteiger partial charge in [0.25, 0.3) is 0 Å². The van der Waals surface area contributed by atoms with Crippen LogP contribution in [0.15, 0.2) is 0 Å². The first kappa shape index (κ1) is 15.3. The molecule has 0 bridgehead atoms. The normalized spacial score (nSPS) is 25.9. The molecule has 0 aromatic carbocycles. The summed E-state index contributed by atoms with van der Waals surface area (Å²) in [5.41, 5.74) is -1.05. The third-order valence-electron chi connectivity index (χ3n) is 3.20. The van der Waals surface area contributed by atoms with E-state index < -0.39 is 23.6 Å². The molecule has 6 heteroatoms. The molecule has 1 saturated carbocycles. The summed E-state index contributed by atoms with van der Waals surface area (Å²) in [4.78, 5) is 11.7. The number of hydrogen-bond acceptors (Lipinski definition) is 2. The van der Waals surface area contributed by atoms with Crippen LogP contribution in [0.1, 0.15) is 39.5 Å². The summed E-state index contributed by atoms with van der Waals surface area (Å²) in [6.07, 6.45) is -3.33. The van der Waals surface area contributed by atoms with Crippen molar-refractivity contribution in [2.24, 2.45) is 11.8 Å². The molecule has 2 N–H and O–H groups in total. The fourth-order valence-electron chi connectivity index (χ4n) is 2.17. The molecule has 1 amide bonds. The van der Waals surface area contributed by atoms with Gasteiger partial charge in [-0.2, -0.15) is 13.2 Å². The highest BCUT2D eigenvalue weighted by molar-refractivity contribution is 5.78. The second-order valence-corrected chi connectivity index (χ2v) is 5.63. The van der Waals surface area contributed by atoms with Gasteiger partial charge in [0.15, 0.2) is 0 Å². The molecule has 0 radical (unpaired) electrons. The maximum absolute atomic E-state index is 12.6. The predicted octanol–water partition coefficient (Wildman–Crippen LogP) is 2.24.